The molecule has 0 radical (unpaired) electrons. The SMILES string of the molecule is Cc1cc(OCC(=O)NNC(=O)c2ccccc2C)ccc1Cl. The maximum Gasteiger partial charge on any atom is 0.276 e. The number of halogens is 1. The highest BCUT2D eigenvalue weighted by Crippen LogP contribution is 2.20. The Hall–Kier alpha value is -2.53. The van der Waals surface area contributed by atoms with E-state index in [0.717, 1.165) is 11.1 Å². The average molecular weight is 333 g/mol. The van der Waals surface area contributed by atoms with Crippen LogP contribution in [0.5, 0.6) is 5.75 Å². The summed E-state index contributed by atoms with van der Waals surface area (Å²) in [7, 11) is 0. The fourth-order valence-electron chi connectivity index (χ4n) is 1.91. The molecule has 2 N–H and O–H groups in total. The molecule has 2 aromatic rings. The number of amides is 2. The fraction of sp³-hybridized carbons (Fsp3) is 0.176. The lowest BCUT2D eigenvalue weighted by Crippen LogP contribution is -2.44. The number of benzene rings is 2. The van der Waals surface area contributed by atoms with E-state index in [4.69, 9.17) is 16.3 Å². The van der Waals surface area contributed by atoms with Crippen molar-refractivity contribution in [3.8, 4) is 5.75 Å². The summed E-state index contributed by atoms with van der Waals surface area (Å²) in [4.78, 5) is 23.7. The third-order valence-electron chi connectivity index (χ3n) is 3.20. The number of hydrogen-bond acceptors (Lipinski definition) is 3. The Morgan fingerprint density at radius 2 is 1.78 bits per heavy atom. The van der Waals surface area contributed by atoms with Gasteiger partial charge in [-0.1, -0.05) is 29.8 Å². The maximum absolute atomic E-state index is 11.9. The normalized spacial score (nSPS) is 10.0. The molecule has 0 aromatic heterocycles. The van der Waals surface area contributed by atoms with Gasteiger partial charge in [0.25, 0.3) is 11.8 Å². The summed E-state index contributed by atoms with van der Waals surface area (Å²) in [6.45, 7) is 3.45. The number of hydrogen-bond donors (Lipinski definition) is 2. The van der Waals surface area contributed by atoms with E-state index in [0.29, 0.717) is 16.3 Å². The third kappa shape index (κ3) is 4.72. The molecule has 0 fully saturated rings. The first-order valence-electron chi connectivity index (χ1n) is 7.01. The summed E-state index contributed by atoms with van der Waals surface area (Å²) in [5.74, 6) is -0.300. The van der Waals surface area contributed by atoms with Gasteiger partial charge in [-0.25, -0.2) is 0 Å². The molecular weight excluding hydrogens is 316 g/mol. The minimum Gasteiger partial charge on any atom is -0.484 e. The molecule has 120 valence electrons. The second-order valence-corrected chi connectivity index (χ2v) is 5.42. The standard InChI is InChI=1S/C17H17ClN2O3/c1-11-5-3-4-6-14(11)17(22)20-19-16(21)10-23-13-7-8-15(18)12(2)9-13/h3-9H,10H2,1-2H3,(H,19,21)(H,20,22). The number of nitrogens with one attached hydrogen (secondary N) is 2. The van der Waals surface area contributed by atoms with Crippen LogP contribution in [0.1, 0.15) is 21.5 Å². The Kier molecular flexibility index (Phi) is 5.60. The van der Waals surface area contributed by atoms with Crippen LogP contribution in [-0.4, -0.2) is 18.4 Å². The van der Waals surface area contributed by atoms with E-state index >= 15 is 0 Å². The molecule has 0 unspecified atom stereocenters. The Morgan fingerprint density at radius 3 is 2.48 bits per heavy atom. The third-order valence-corrected chi connectivity index (χ3v) is 3.63. The van der Waals surface area contributed by atoms with Crippen LogP contribution in [0.2, 0.25) is 5.02 Å². The predicted octanol–water partition coefficient (Wildman–Crippen LogP) is 2.80. The molecule has 2 aromatic carbocycles. The lowest BCUT2D eigenvalue weighted by atomic mass is 10.1. The van der Waals surface area contributed by atoms with Crippen molar-refractivity contribution >= 4 is 23.4 Å². The Bertz CT molecular complexity index is 732. The van der Waals surface area contributed by atoms with Crippen LogP contribution < -0.4 is 15.6 Å². The first kappa shape index (κ1) is 16.8. The van der Waals surface area contributed by atoms with Crippen molar-refractivity contribution in [3.05, 3.63) is 64.2 Å². The number of carbonyl (C=O) groups is 2. The molecular formula is C17H17ClN2O3. The predicted molar refractivity (Wildman–Crippen MR) is 88.5 cm³/mol. The monoisotopic (exact) mass is 332 g/mol. The molecule has 5 nitrogen and oxygen atoms in total. The zero-order valence-corrected chi connectivity index (χ0v) is 13.6. The average Bonchev–Trinajstić information content (AvgIpc) is 2.54. The summed E-state index contributed by atoms with van der Waals surface area (Å²) in [6.07, 6.45) is 0. The van der Waals surface area contributed by atoms with Crippen molar-refractivity contribution in [1.29, 1.82) is 0 Å². The first-order valence-corrected chi connectivity index (χ1v) is 7.39. The summed E-state index contributed by atoms with van der Waals surface area (Å²) >= 11 is 5.92. The van der Waals surface area contributed by atoms with Gasteiger partial charge in [-0.3, -0.25) is 20.4 Å². The Labute approximate surface area is 139 Å². The van der Waals surface area contributed by atoms with E-state index in [2.05, 4.69) is 10.9 Å². The number of rotatable bonds is 4. The molecule has 0 heterocycles. The molecule has 0 saturated heterocycles. The van der Waals surface area contributed by atoms with Crippen LogP contribution in [-0.2, 0) is 4.79 Å². The largest absolute Gasteiger partial charge is 0.484 e. The highest BCUT2D eigenvalue weighted by molar-refractivity contribution is 6.31. The molecule has 0 spiro atoms. The van der Waals surface area contributed by atoms with Gasteiger partial charge in [-0.05, 0) is 49.2 Å². The van der Waals surface area contributed by atoms with Crippen LogP contribution in [0.4, 0.5) is 0 Å². The van der Waals surface area contributed by atoms with E-state index in [1.54, 1.807) is 30.3 Å². The van der Waals surface area contributed by atoms with Crippen molar-refractivity contribution in [2.24, 2.45) is 0 Å². The summed E-state index contributed by atoms with van der Waals surface area (Å²) in [6, 6.07) is 12.2. The minimum atomic E-state index is -0.459. The topological polar surface area (TPSA) is 67.4 Å². The van der Waals surface area contributed by atoms with E-state index in [-0.39, 0.29) is 12.5 Å². The van der Waals surface area contributed by atoms with Crippen LogP contribution in [0, 0.1) is 13.8 Å². The van der Waals surface area contributed by atoms with E-state index < -0.39 is 5.91 Å². The quantitative estimate of drug-likeness (QED) is 0.846. The molecule has 6 heteroatoms. The van der Waals surface area contributed by atoms with Gasteiger partial charge in [0.2, 0.25) is 0 Å². The van der Waals surface area contributed by atoms with Gasteiger partial charge in [0.15, 0.2) is 6.61 Å². The van der Waals surface area contributed by atoms with Crippen LogP contribution in [0.25, 0.3) is 0 Å². The Morgan fingerprint density at radius 1 is 1.04 bits per heavy atom. The van der Waals surface area contributed by atoms with Crippen molar-refractivity contribution < 1.29 is 14.3 Å². The highest BCUT2D eigenvalue weighted by atomic mass is 35.5. The first-order chi connectivity index (χ1) is 11.0. The number of carbonyl (C=O) groups excluding carboxylic acids is 2. The van der Waals surface area contributed by atoms with Crippen molar-refractivity contribution in [2.75, 3.05) is 6.61 Å². The lowest BCUT2D eigenvalue weighted by molar-refractivity contribution is -0.123. The molecule has 0 aliphatic carbocycles. The zero-order valence-electron chi connectivity index (χ0n) is 12.9. The smallest absolute Gasteiger partial charge is 0.276 e. The van der Waals surface area contributed by atoms with Gasteiger partial charge in [-0.15, -0.1) is 0 Å². The zero-order chi connectivity index (χ0) is 16.8. The van der Waals surface area contributed by atoms with Gasteiger partial charge < -0.3 is 4.74 Å². The molecule has 23 heavy (non-hydrogen) atoms. The highest BCUT2D eigenvalue weighted by Gasteiger charge is 2.10. The second-order valence-electron chi connectivity index (χ2n) is 5.02. The van der Waals surface area contributed by atoms with Crippen LogP contribution >= 0.6 is 11.6 Å². The van der Waals surface area contributed by atoms with Gasteiger partial charge in [0.1, 0.15) is 5.75 Å². The molecule has 0 bridgehead atoms. The number of ether oxygens (including phenoxy) is 1. The minimum absolute atomic E-state index is 0.213. The van der Waals surface area contributed by atoms with E-state index in [1.165, 1.54) is 0 Å². The van der Waals surface area contributed by atoms with E-state index in [1.807, 2.05) is 26.0 Å². The maximum atomic E-state index is 11.9. The van der Waals surface area contributed by atoms with Crippen molar-refractivity contribution in [1.82, 2.24) is 10.9 Å². The second kappa shape index (κ2) is 7.65. The Balaban J connectivity index is 1.82. The van der Waals surface area contributed by atoms with Gasteiger partial charge in [-0.2, -0.15) is 0 Å². The molecule has 0 aliphatic heterocycles. The molecule has 2 amide bonds. The van der Waals surface area contributed by atoms with Crippen LogP contribution in [0.15, 0.2) is 42.5 Å². The molecule has 2 rings (SSSR count). The van der Waals surface area contributed by atoms with Crippen LogP contribution in [0.3, 0.4) is 0 Å². The molecule has 0 saturated carbocycles. The molecule has 0 atom stereocenters. The van der Waals surface area contributed by atoms with E-state index in [9.17, 15) is 9.59 Å². The summed E-state index contributed by atoms with van der Waals surface area (Å²) in [5.41, 5.74) is 6.86. The van der Waals surface area contributed by atoms with Gasteiger partial charge >= 0.3 is 0 Å². The van der Waals surface area contributed by atoms with Gasteiger partial charge in [0.05, 0.1) is 0 Å². The summed E-state index contributed by atoms with van der Waals surface area (Å²) in [5, 5.41) is 0.632. The van der Waals surface area contributed by atoms with Crippen molar-refractivity contribution in [3.63, 3.8) is 0 Å². The van der Waals surface area contributed by atoms with Crippen molar-refractivity contribution in [2.45, 2.75) is 13.8 Å². The number of aryl methyl sites for hydroxylation is 2. The van der Waals surface area contributed by atoms with Gasteiger partial charge in [0, 0.05) is 10.6 Å². The lowest BCUT2D eigenvalue weighted by Gasteiger charge is -2.10. The number of hydrazine groups is 1. The summed E-state index contributed by atoms with van der Waals surface area (Å²) < 4.78 is 5.34. The fourth-order valence-corrected chi connectivity index (χ4v) is 2.03. The molecule has 0 aliphatic rings.